The first-order valence-electron chi connectivity index (χ1n) is 5.34. The Labute approximate surface area is 96.8 Å². The molecule has 0 aromatic rings. The second-order valence-electron chi connectivity index (χ2n) is 5.54. The molecule has 0 radical (unpaired) electrons. The second kappa shape index (κ2) is 5.50. The molecule has 5 heteroatoms. The zero-order valence-electron chi connectivity index (χ0n) is 10.7. The van der Waals surface area contributed by atoms with Crippen molar-refractivity contribution < 1.29 is 19.7 Å². The van der Waals surface area contributed by atoms with Crippen molar-refractivity contribution in [3.63, 3.8) is 0 Å². The minimum atomic E-state index is -0.873. The molecule has 0 aliphatic heterocycles. The predicted octanol–water partition coefficient (Wildman–Crippen LogP) is 0.890. The minimum Gasteiger partial charge on any atom is -0.444 e. The largest absolute Gasteiger partial charge is 0.444 e. The molecule has 5 nitrogen and oxygen atoms in total. The normalized spacial score (nSPS) is 14.4. The van der Waals surface area contributed by atoms with Gasteiger partial charge in [-0.1, -0.05) is 13.8 Å². The number of hydrogen-bond acceptors (Lipinski definition) is 4. The zero-order valence-corrected chi connectivity index (χ0v) is 10.7. The van der Waals surface area contributed by atoms with Crippen molar-refractivity contribution in [2.45, 2.75) is 46.3 Å². The average molecular weight is 233 g/mol. The van der Waals surface area contributed by atoms with Crippen LogP contribution in [0, 0.1) is 5.41 Å². The van der Waals surface area contributed by atoms with Crippen LogP contribution in [0.4, 0.5) is 4.79 Å². The van der Waals surface area contributed by atoms with E-state index in [-0.39, 0.29) is 13.2 Å². The first-order chi connectivity index (χ1) is 7.08. The lowest BCUT2D eigenvalue weighted by Gasteiger charge is -2.30. The van der Waals surface area contributed by atoms with Gasteiger partial charge in [-0.2, -0.15) is 0 Å². The number of aliphatic hydroxyl groups excluding tert-OH is 2. The predicted molar refractivity (Wildman–Crippen MR) is 61.1 cm³/mol. The van der Waals surface area contributed by atoms with E-state index >= 15 is 0 Å². The molecule has 96 valence electrons. The Hall–Kier alpha value is -0.810. The molecular formula is C11H23NO4. The molecule has 1 atom stereocenters. The molecule has 3 N–H and O–H groups in total. The van der Waals surface area contributed by atoms with E-state index in [0.29, 0.717) is 0 Å². The number of carbonyl (C=O) groups excluding carboxylic acids is 1. The first-order valence-corrected chi connectivity index (χ1v) is 5.34. The third-order valence-electron chi connectivity index (χ3n) is 2.16. The van der Waals surface area contributed by atoms with Crippen LogP contribution in [-0.4, -0.2) is 41.2 Å². The van der Waals surface area contributed by atoms with Crippen LogP contribution in [-0.2, 0) is 4.74 Å². The van der Waals surface area contributed by atoms with Crippen molar-refractivity contribution in [3.8, 4) is 0 Å². The van der Waals surface area contributed by atoms with Gasteiger partial charge in [-0.05, 0) is 20.8 Å². The highest BCUT2D eigenvalue weighted by atomic mass is 16.6. The topological polar surface area (TPSA) is 78.8 Å². The van der Waals surface area contributed by atoms with Gasteiger partial charge in [-0.25, -0.2) is 4.79 Å². The summed E-state index contributed by atoms with van der Waals surface area (Å²) in [5.74, 6) is 0. The van der Waals surface area contributed by atoms with Crippen molar-refractivity contribution in [2.75, 3.05) is 13.2 Å². The molecular weight excluding hydrogens is 210 g/mol. The molecule has 0 saturated carbocycles. The fraction of sp³-hybridized carbons (Fsp3) is 0.909. The highest BCUT2D eigenvalue weighted by molar-refractivity contribution is 5.67. The third-order valence-corrected chi connectivity index (χ3v) is 2.16. The average Bonchev–Trinajstić information content (AvgIpc) is 2.11. The molecule has 1 amide bonds. The van der Waals surface area contributed by atoms with Crippen LogP contribution in [0.5, 0.6) is 0 Å². The van der Waals surface area contributed by atoms with Gasteiger partial charge in [0, 0.05) is 12.0 Å². The lowest BCUT2D eigenvalue weighted by Crippen LogP contribution is -2.44. The minimum absolute atomic E-state index is 0.240. The molecule has 1 unspecified atom stereocenters. The molecule has 0 heterocycles. The second-order valence-corrected chi connectivity index (χ2v) is 5.54. The van der Waals surface area contributed by atoms with Crippen molar-refractivity contribution in [1.82, 2.24) is 5.32 Å². The van der Waals surface area contributed by atoms with E-state index < -0.39 is 23.2 Å². The SMILES string of the molecule is CC(C)(C)OC(=O)NCC(C)(C)C(O)CO. The van der Waals surface area contributed by atoms with Crippen LogP contribution in [0.15, 0.2) is 0 Å². The highest BCUT2D eigenvalue weighted by Gasteiger charge is 2.28. The van der Waals surface area contributed by atoms with Crippen LogP contribution < -0.4 is 5.32 Å². The molecule has 0 aromatic carbocycles. The number of ether oxygens (including phenoxy) is 1. The summed E-state index contributed by atoms with van der Waals surface area (Å²) in [5.41, 5.74) is -1.13. The zero-order chi connectivity index (χ0) is 13.0. The summed E-state index contributed by atoms with van der Waals surface area (Å²) in [6, 6.07) is 0. The van der Waals surface area contributed by atoms with E-state index in [0.717, 1.165) is 0 Å². The molecule has 0 spiro atoms. The fourth-order valence-corrected chi connectivity index (χ4v) is 0.979. The maximum absolute atomic E-state index is 11.3. The van der Waals surface area contributed by atoms with E-state index in [1.54, 1.807) is 34.6 Å². The summed E-state index contributed by atoms with van der Waals surface area (Å²) in [6.07, 6.45) is -1.40. The van der Waals surface area contributed by atoms with E-state index in [1.165, 1.54) is 0 Å². The number of nitrogens with one attached hydrogen (secondary N) is 1. The van der Waals surface area contributed by atoms with E-state index in [2.05, 4.69) is 5.32 Å². The van der Waals surface area contributed by atoms with Crippen LogP contribution >= 0.6 is 0 Å². The molecule has 0 saturated heterocycles. The number of carbonyl (C=O) groups is 1. The quantitative estimate of drug-likeness (QED) is 0.674. The van der Waals surface area contributed by atoms with Crippen molar-refractivity contribution in [1.29, 1.82) is 0 Å². The Morgan fingerprint density at radius 1 is 1.31 bits per heavy atom. The summed E-state index contributed by atoms with van der Waals surface area (Å²) in [6.45, 7) is 8.75. The molecule has 0 fully saturated rings. The number of alkyl carbamates (subject to hydrolysis) is 1. The molecule has 0 aliphatic rings. The smallest absolute Gasteiger partial charge is 0.407 e. The Bertz CT molecular complexity index is 233. The Morgan fingerprint density at radius 3 is 2.19 bits per heavy atom. The van der Waals surface area contributed by atoms with Crippen LogP contribution in [0.25, 0.3) is 0 Å². The van der Waals surface area contributed by atoms with Gasteiger partial charge >= 0.3 is 6.09 Å². The van der Waals surface area contributed by atoms with Gasteiger partial charge in [0.2, 0.25) is 0 Å². The summed E-state index contributed by atoms with van der Waals surface area (Å²) >= 11 is 0. The Morgan fingerprint density at radius 2 is 1.81 bits per heavy atom. The number of rotatable bonds is 4. The van der Waals surface area contributed by atoms with Gasteiger partial charge in [0.1, 0.15) is 5.60 Å². The van der Waals surface area contributed by atoms with E-state index in [1.807, 2.05) is 0 Å². The monoisotopic (exact) mass is 233 g/mol. The third kappa shape index (κ3) is 5.92. The standard InChI is InChI=1S/C11H23NO4/c1-10(2,3)16-9(15)12-7-11(4,5)8(14)6-13/h8,13-14H,6-7H2,1-5H3,(H,12,15). The van der Waals surface area contributed by atoms with Gasteiger partial charge in [0.05, 0.1) is 12.7 Å². The summed E-state index contributed by atoms with van der Waals surface area (Å²) in [4.78, 5) is 11.3. The summed E-state index contributed by atoms with van der Waals surface area (Å²) < 4.78 is 5.05. The maximum Gasteiger partial charge on any atom is 0.407 e. The number of amides is 1. The lowest BCUT2D eigenvalue weighted by atomic mass is 9.87. The molecule has 0 rings (SSSR count). The van der Waals surface area contributed by atoms with Crippen molar-refractivity contribution >= 4 is 6.09 Å². The first kappa shape index (κ1) is 15.2. The van der Waals surface area contributed by atoms with E-state index in [4.69, 9.17) is 9.84 Å². The van der Waals surface area contributed by atoms with E-state index in [9.17, 15) is 9.90 Å². The van der Waals surface area contributed by atoms with Gasteiger partial charge < -0.3 is 20.3 Å². The number of hydrogen-bond donors (Lipinski definition) is 3. The van der Waals surface area contributed by atoms with Gasteiger partial charge in [0.25, 0.3) is 0 Å². The molecule has 0 bridgehead atoms. The highest BCUT2D eigenvalue weighted by Crippen LogP contribution is 2.19. The van der Waals surface area contributed by atoms with Crippen LogP contribution in [0.3, 0.4) is 0 Å². The van der Waals surface area contributed by atoms with Crippen LogP contribution in [0.2, 0.25) is 0 Å². The molecule has 16 heavy (non-hydrogen) atoms. The fourth-order valence-electron chi connectivity index (χ4n) is 0.979. The van der Waals surface area contributed by atoms with Crippen LogP contribution in [0.1, 0.15) is 34.6 Å². The molecule has 0 aromatic heterocycles. The number of aliphatic hydroxyl groups is 2. The van der Waals surface area contributed by atoms with Gasteiger partial charge in [-0.3, -0.25) is 0 Å². The van der Waals surface area contributed by atoms with Gasteiger partial charge in [0.15, 0.2) is 0 Å². The molecule has 0 aliphatic carbocycles. The van der Waals surface area contributed by atoms with Crippen molar-refractivity contribution in [3.05, 3.63) is 0 Å². The lowest BCUT2D eigenvalue weighted by molar-refractivity contribution is 0.000638. The maximum atomic E-state index is 11.3. The Balaban J connectivity index is 4.10. The Kier molecular flexibility index (Phi) is 5.22. The van der Waals surface area contributed by atoms with Crippen molar-refractivity contribution in [2.24, 2.45) is 5.41 Å². The summed E-state index contributed by atoms with van der Waals surface area (Å²) in [7, 11) is 0. The van der Waals surface area contributed by atoms with Gasteiger partial charge in [-0.15, -0.1) is 0 Å². The summed E-state index contributed by atoms with van der Waals surface area (Å²) in [5, 5.41) is 20.9.